The van der Waals surface area contributed by atoms with E-state index in [9.17, 15) is 5.26 Å². The molecule has 1 atom stereocenters. The van der Waals surface area contributed by atoms with Crippen LogP contribution >= 0.6 is 0 Å². The van der Waals surface area contributed by atoms with Gasteiger partial charge in [-0.1, -0.05) is 6.92 Å². The number of hydrogen-bond acceptors (Lipinski definition) is 3. The van der Waals surface area contributed by atoms with Crippen molar-refractivity contribution in [1.82, 2.24) is 14.9 Å². The van der Waals surface area contributed by atoms with Crippen LogP contribution in [0, 0.1) is 25.2 Å². The Bertz CT molecular complexity index is 388. The number of nitrogens with zero attached hydrogens (tertiary/aromatic N) is 3. The molecule has 0 amide bonds. The Kier molecular flexibility index (Phi) is 4.08. The van der Waals surface area contributed by atoms with E-state index in [0.717, 1.165) is 24.4 Å². The summed E-state index contributed by atoms with van der Waals surface area (Å²) in [7, 11) is 0. The van der Waals surface area contributed by atoms with Crippen molar-refractivity contribution in [3.8, 4) is 6.07 Å². The summed E-state index contributed by atoms with van der Waals surface area (Å²) in [6, 6.07) is 2.34. The molecule has 0 aromatic carbocycles. The molecule has 0 aliphatic carbocycles. The minimum Gasteiger partial charge on any atom is -0.332 e. The standard InChI is InChI=1S/C12H20N4/c1-5-6-15-12(4,7-13)8-16-9-14-10(2)11(16)3/h9,15H,5-6,8H2,1-4H3. The van der Waals surface area contributed by atoms with Gasteiger partial charge in [0.2, 0.25) is 0 Å². The minimum absolute atomic E-state index is 0.520. The lowest BCUT2D eigenvalue weighted by Gasteiger charge is -2.24. The molecule has 88 valence electrons. The SMILES string of the molecule is CCCNC(C)(C#N)Cn1cnc(C)c1C. The summed E-state index contributed by atoms with van der Waals surface area (Å²) in [5.74, 6) is 0. The van der Waals surface area contributed by atoms with Gasteiger partial charge in [-0.2, -0.15) is 5.26 Å². The van der Waals surface area contributed by atoms with Crippen LogP contribution in [0.25, 0.3) is 0 Å². The monoisotopic (exact) mass is 220 g/mol. The third kappa shape index (κ3) is 2.83. The predicted molar refractivity (Wildman–Crippen MR) is 64.0 cm³/mol. The van der Waals surface area contributed by atoms with Crippen LogP contribution in [-0.4, -0.2) is 21.6 Å². The van der Waals surface area contributed by atoms with Gasteiger partial charge in [0.1, 0.15) is 5.54 Å². The number of imidazole rings is 1. The number of aryl methyl sites for hydroxylation is 1. The summed E-state index contributed by atoms with van der Waals surface area (Å²) in [5, 5.41) is 12.5. The van der Waals surface area contributed by atoms with Gasteiger partial charge in [0.05, 0.1) is 24.6 Å². The average molecular weight is 220 g/mol. The smallest absolute Gasteiger partial charge is 0.122 e. The number of rotatable bonds is 5. The molecule has 0 radical (unpaired) electrons. The largest absolute Gasteiger partial charge is 0.332 e. The van der Waals surface area contributed by atoms with Crippen molar-refractivity contribution in [2.24, 2.45) is 0 Å². The normalized spacial score (nSPS) is 14.4. The lowest BCUT2D eigenvalue weighted by Crippen LogP contribution is -2.45. The van der Waals surface area contributed by atoms with E-state index in [-0.39, 0.29) is 0 Å². The van der Waals surface area contributed by atoms with E-state index in [0.29, 0.717) is 6.54 Å². The van der Waals surface area contributed by atoms with Gasteiger partial charge >= 0.3 is 0 Å². The summed E-state index contributed by atoms with van der Waals surface area (Å²) in [6.45, 7) is 9.52. The number of aromatic nitrogens is 2. The molecule has 0 aliphatic heterocycles. The highest BCUT2D eigenvalue weighted by Crippen LogP contribution is 2.11. The highest BCUT2D eigenvalue weighted by molar-refractivity contribution is 5.12. The lowest BCUT2D eigenvalue weighted by molar-refractivity contribution is 0.385. The third-order valence-electron chi connectivity index (χ3n) is 2.84. The first-order chi connectivity index (χ1) is 7.52. The van der Waals surface area contributed by atoms with E-state index in [4.69, 9.17) is 0 Å². The first-order valence-electron chi connectivity index (χ1n) is 5.67. The second-order valence-electron chi connectivity index (χ2n) is 4.41. The van der Waals surface area contributed by atoms with Gasteiger partial charge in [-0.15, -0.1) is 0 Å². The molecule has 0 saturated carbocycles. The Morgan fingerprint density at radius 1 is 1.56 bits per heavy atom. The lowest BCUT2D eigenvalue weighted by atomic mass is 10.0. The minimum atomic E-state index is -0.520. The molecule has 16 heavy (non-hydrogen) atoms. The van der Waals surface area contributed by atoms with Gasteiger partial charge in [0, 0.05) is 5.69 Å². The zero-order chi connectivity index (χ0) is 12.2. The Morgan fingerprint density at radius 2 is 2.25 bits per heavy atom. The molecule has 0 aliphatic rings. The number of nitriles is 1. The molecule has 1 aromatic heterocycles. The highest BCUT2D eigenvalue weighted by Gasteiger charge is 2.24. The fourth-order valence-corrected chi connectivity index (χ4v) is 1.58. The molecular formula is C12H20N4. The van der Waals surface area contributed by atoms with E-state index in [2.05, 4.69) is 23.3 Å². The second kappa shape index (κ2) is 5.13. The van der Waals surface area contributed by atoms with Crippen LogP contribution in [0.1, 0.15) is 31.7 Å². The van der Waals surface area contributed by atoms with Crippen molar-refractivity contribution >= 4 is 0 Å². The molecule has 4 heteroatoms. The Hall–Kier alpha value is -1.34. The predicted octanol–water partition coefficient (Wildman–Crippen LogP) is 1.78. The van der Waals surface area contributed by atoms with Crippen LogP contribution in [0.15, 0.2) is 6.33 Å². The van der Waals surface area contributed by atoms with E-state index in [1.807, 2.05) is 25.3 Å². The summed E-state index contributed by atoms with van der Waals surface area (Å²) in [4.78, 5) is 4.24. The van der Waals surface area contributed by atoms with E-state index < -0.39 is 5.54 Å². The molecule has 0 spiro atoms. The zero-order valence-corrected chi connectivity index (χ0v) is 10.5. The van der Waals surface area contributed by atoms with Crippen molar-refractivity contribution in [2.45, 2.75) is 46.2 Å². The average Bonchev–Trinajstić information content (AvgIpc) is 2.58. The van der Waals surface area contributed by atoms with E-state index in [1.54, 1.807) is 6.33 Å². The molecule has 0 bridgehead atoms. The first-order valence-corrected chi connectivity index (χ1v) is 5.67. The summed E-state index contributed by atoms with van der Waals surface area (Å²) >= 11 is 0. The summed E-state index contributed by atoms with van der Waals surface area (Å²) < 4.78 is 2.03. The van der Waals surface area contributed by atoms with Crippen LogP contribution in [0.5, 0.6) is 0 Å². The Balaban J connectivity index is 2.77. The maximum absolute atomic E-state index is 9.22. The molecule has 1 heterocycles. The molecule has 1 N–H and O–H groups in total. The van der Waals surface area contributed by atoms with Gasteiger partial charge in [0.25, 0.3) is 0 Å². The first kappa shape index (κ1) is 12.7. The molecular weight excluding hydrogens is 200 g/mol. The fourth-order valence-electron chi connectivity index (χ4n) is 1.58. The van der Waals surface area contributed by atoms with Crippen molar-refractivity contribution < 1.29 is 0 Å². The van der Waals surface area contributed by atoms with Crippen LogP contribution in [-0.2, 0) is 6.54 Å². The topological polar surface area (TPSA) is 53.6 Å². The molecule has 0 fully saturated rings. The third-order valence-corrected chi connectivity index (χ3v) is 2.84. The van der Waals surface area contributed by atoms with E-state index >= 15 is 0 Å². The number of hydrogen-bond donors (Lipinski definition) is 1. The van der Waals surface area contributed by atoms with Gasteiger partial charge in [-0.25, -0.2) is 4.98 Å². The molecule has 1 aromatic rings. The van der Waals surface area contributed by atoms with Gasteiger partial charge < -0.3 is 4.57 Å². The van der Waals surface area contributed by atoms with Crippen LogP contribution in [0.2, 0.25) is 0 Å². The fraction of sp³-hybridized carbons (Fsp3) is 0.667. The maximum Gasteiger partial charge on any atom is 0.122 e. The summed E-state index contributed by atoms with van der Waals surface area (Å²) in [5.41, 5.74) is 1.63. The van der Waals surface area contributed by atoms with E-state index in [1.165, 1.54) is 0 Å². The van der Waals surface area contributed by atoms with Crippen molar-refractivity contribution in [2.75, 3.05) is 6.54 Å². The van der Waals surface area contributed by atoms with Crippen molar-refractivity contribution in [3.63, 3.8) is 0 Å². The van der Waals surface area contributed by atoms with Crippen LogP contribution in [0.3, 0.4) is 0 Å². The van der Waals surface area contributed by atoms with Crippen molar-refractivity contribution in [1.29, 1.82) is 5.26 Å². The van der Waals surface area contributed by atoms with Crippen LogP contribution < -0.4 is 5.32 Å². The van der Waals surface area contributed by atoms with Gasteiger partial charge in [-0.3, -0.25) is 5.32 Å². The molecule has 1 rings (SSSR count). The second-order valence-corrected chi connectivity index (χ2v) is 4.41. The van der Waals surface area contributed by atoms with Gasteiger partial charge in [0.15, 0.2) is 0 Å². The zero-order valence-electron chi connectivity index (χ0n) is 10.5. The Labute approximate surface area is 97.3 Å². The maximum atomic E-state index is 9.22. The summed E-state index contributed by atoms with van der Waals surface area (Å²) in [6.07, 6.45) is 2.83. The molecule has 4 nitrogen and oxygen atoms in total. The highest BCUT2D eigenvalue weighted by atomic mass is 15.1. The Morgan fingerprint density at radius 3 is 2.69 bits per heavy atom. The van der Waals surface area contributed by atoms with Crippen molar-refractivity contribution in [3.05, 3.63) is 17.7 Å². The quantitative estimate of drug-likeness (QED) is 0.823. The molecule has 1 unspecified atom stereocenters. The number of nitrogens with one attached hydrogen (secondary N) is 1. The van der Waals surface area contributed by atoms with Gasteiger partial charge in [-0.05, 0) is 33.7 Å². The van der Waals surface area contributed by atoms with Crippen LogP contribution in [0.4, 0.5) is 0 Å². The molecule has 0 saturated heterocycles.